The molecule has 1 aliphatic rings. The minimum atomic E-state index is 1.00. The fraction of sp³-hybridized carbons (Fsp3) is 0.833. The Balaban J connectivity index is 0.000000162. The van der Waals surface area contributed by atoms with E-state index in [0.29, 0.717) is 0 Å². The van der Waals surface area contributed by atoms with Crippen LogP contribution >= 0.6 is 0 Å². The van der Waals surface area contributed by atoms with Crippen LogP contribution in [0.5, 0.6) is 0 Å². The molecular formula is C6H13O. The smallest absolute Gasteiger partial charge is 0.0466 e. The molecule has 0 bridgehead atoms. The van der Waals surface area contributed by atoms with E-state index in [2.05, 4.69) is 6.92 Å². The zero-order valence-electron chi connectivity index (χ0n) is 4.94. The molecule has 1 aliphatic heterocycles. The molecule has 0 saturated carbocycles. The molecule has 0 aromatic carbocycles. The van der Waals surface area contributed by atoms with Crippen molar-refractivity contribution in [3.63, 3.8) is 0 Å². The molecule has 1 rings (SSSR count). The molecule has 0 N–H and O–H groups in total. The molecule has 0 unspecified atom stereocenters. The van der Waals surface area contributed by atoms with Gasteiger partial charge < -0.3 is 4.74 Å². The van der Waals surface area contributed by atoms with Crippen molar-refractivity contribution in [2.24, 2.45) is 0 Å². The molecular weight excluding hydrogens is 88.1 g/mol. The van der Waals surface area contributed by atoms with Gasteiger partial charge in [0.25, 0.3) is 0 Å². The highest BCUT2D eigenvalue weighted by atomic mass is 16.5. The maximum atomic E-state index is 4.94. The van der Waals surface area contributed by atoms with Gasteiger partial charge in [-0.25, -0.2) is 0 Å². The monoisotopic (exact) mass is 101 g/mol. The average Bonchev–Trinajstić information content (AvgIpc) is 2.23. The topological polar surface area (TPSA) is 9.23 Å². The van der Waals surface area contributed by atoms with E-state index < -0.39 is 0 Å². The first-order chi connectivity index (χ1) is 3.50. The van der Waals surface area contributed by atoms with Crippen LogP contribution in [0.1, 0.15) is 19.8 Å². The number of ether oxygens (including phenoxy) is 1. The first-order valence-electron chi connectivity index (χ1n) is 2.78. The van der Waals surface area contributed by atoms with Gasteiger partial charge in [0.1, 0.15) is 0 Å². The highest BCUT2D eigenvalue weighted by Crippen LogP contribution is 1.98. The van der Waals surface area contributed by atoms with Crippen molar-refractivity contribution in [1.29, 1.82) is 0 Å². The summed E-state index contributed by atoms with van der Waals surface area (Å²) in [5, 5.41) is 0. The summed E-state index contributed by atoms with van der Waals surface area (Å²) in [6.07, 6.45) is 2.56. The van der Waals surface area contributed by atoms with Crippen LogP contribution in [0.2, 0.25) is 0 Å². The first kappa shape index (κ1) is 6.96. The SMILES string of the molecule is C1CCOC1.[CH2]C. The zero-order valence-corrected chi connectivity index (χ0v) is 4.94. The van der Waals surface area contributed by atoms with Crippen molar-refractivity contribution in [2.45, 2.75) is 19.8 Å². The summed E-state index contributed by atoms with van der Waals surface area (Å²) in [4.78, 5) is 0. The highest BCUT2D eigenvalue weighted by molar-refractivity contribution is 4.43. The Morgan fingerprint density at radius 2 is 1.57 bits per heavy atom. The number of hydrogen-bond donors (Lipinski definition) is 0. The third-order valence-corrected chi connectivity index (χ3v) is 0.827. The van der Waals surface area contributed by atoms with Gasteiger partial charge in [0, 0.05) is 13.2 Å². The Hall–Kier alpha value is -0.0400. The third kappa shape index (κ3) is 3.80. The minimum Gasteiger partial charge on any atom is -0.381 e. The molecule has 0 amide bonds. The van der Waals surface area contributed by atoms with Gasteiger partial charge in [0.2, 0.25) is 0 Å². The van der Waals surface area contributed by atoms with E-state index in [0.717, 1.165) is 13.2 Å². The molecule has 1 saturated heterocycles. The van der Waals surface area contributed by atoms with E-state index >= 15 is 0 Å². The summed E-state index contributed by atoms with van der Waals surface area (Å²) in [6.45, 7) is 7.00. The van der Waals surface area contributed by atoms with Crippen molar-refractivity contribution in [2.75, 3.05) is 13.2 Å². The lowest BCUT2D eigenvalue weighted by Gasteiger charge is -1.76. The Bertz CT molecular complexity index is 15.8. The number of rotatable bonds is 0. The predicted octanol–water partition coefficient (Wildman–Crippen LogP) is 1.64. The van der Waals surface area contributed by atoms with Gasteiger partial charge in [-0.15, -0.1) is 0 Å². The summed E-state index contributed by atoms with van der Waals surface area (Å²) in [6, 6.07) is 0. The lowest BCUT2D eigenvalue weighted by Crippen LogP contribution is -1.74. The molecule has 0 aromatic rings. The Morgan fingerprint density at radius 1 is 1.14 bits per heavy atom. The van der Waals surface area contributed by atoms with Gasteiger partial charge in [-0.1, -0.05) is 13.8 Å². The maximum absolute atomic E-state index is 4.94. The number of hydrogen-bond acceptors (Lipinski definition) is 1. The average molecular weight is 101 g/mol. The van der Waals surface area contributed by atoms with Crippen molar-refractivity contribution in [1.82, 2.24) is 0 Å². The van der Waals surface area contributed by atoms with Crippen LogP contribution < -0.4 is 0 Å². The third-order valence-electron chi connectivity index (χ3n) is 0.827. The molecule has 0 atom stereocenters. The lowest BCUT2D eigenvalue weighted by molar-refractivity contribution is 0.198. The van der Waals surface area contributed by atoms with Gasteiger partial charge in [0.05, 0.1) is 0 Å². The summed E-state index contributed by atoms with van der Waals surface area (Å²) in [5.41, 5.74) is 0. The molecule has 0 aromatic heterocycles. The van der Waals surface area contributed by atoms with Crippen LogP contribution in [0.15, 0.2) is 0 Å². The summed E-state index contributed by atoms with van der Waals surface area (Å²) in [5.74, 6) is 0. The molecule has 0 aliphatic carbocycles. The normalized spacial score (nSPS) is 18.0. The Kier molecular flexibility index (Phi) is 5.93. The highest BCUT2D eigenvalue weighted by Gasteiger charge is 1.94. The fourth-order valence-corrected chi connectivity index (χ4v) is 0.510. The predicted molar refractivity (Wildman–Crippen MR) is 31.1 cm³/mol. The van der Waals surface area contributed by atoms with Gasteiger partial charge >= 0.3 is 0 Å². The molecule has 43 valence electrons. The van der Waals surface area contributed by atoms with Crippen LogP contribution in [0, 0.1) is 6.92 Å². The second-order valence-corrected chi connectivity index (χ2v) is 1.32. The second-order valence-electron chi connectivity index (χ2n) is 1.32. The van der Waals surface area contributed by atoms with Gasteiger partial charge in [0.15, 0.2) is 0 Å². The molecule has 7 heavy (non-hydrogen) atoms. The molecule has 0 spiro atoms. The lowest BCUT2D eigenvalue weighted by atomic mass is 10.4. The Labute approximate surface area is 45.7 Å². The molecule has 1 heteroatoms. The second kappa shape index (κ2) is 5.96. The van der Waals surface area contributed by atoms with E-state index in [-0.39, 0.29) is 0 Å². The van der Waals surface area contributed by atoms with Gasteiger partial charge in [-0.3, -0.25) is 0 Å². The Morgan fingerprint density at radius 3 is 1.71 bits per heavy atom. The molecule has 1 nitrogen and oxygen atoms in total. The van der Waals surface area contributed by atoms with Gasteiger partial charge in [-0.05, 0) is 12.8 Å². The van der Waals surface area contributed by atoms with E-state index in [1.54, 1.807) is 6.92 Å². The standard InChI is InChI=1S/C4H8O.C2H5/c1-2-4-5-3-1;1-2/h1-4H2;1H2,2H3. The van der Waals surface area contributed by atoms with E-state index in [1.165, 1.54) is 12.8 Å². The largest absolute Gasteiger partial charge is 0.381 e. The van der Waals surface area contributed by atoms with Crippen LogP contribution in [-0.2, 0) is 4.74 Å². The fourth-order valence-electron chi connectivity index (χ4n) is 0.510. The van der Waals surface area contributed by atoms with Crippen LogP contribution in [0.25, 0.3) is 0 Å². The summed E-state index contributed by atoms with van der Waals surface area (Å²) < 4.78 is 4.94. The quantitative estimate of drug-likeness (QED) is 0.450. The maximum Gasteiger partial charge on any atom is 0.0466 e. The first-order valence-corrected chi connectivity index (χ1v) is 2.78. The van der Waals surface area contributed by atoms with Crippen LogP contribution in [0.3, 0.4) is 0 Å². The van der Waals surface area contributed by atoms with E-state index in [9.17, 15) is 0 Å². The van der Waals surface area contributed by atoms with Crippen molar-refractivity contribution < 1.29 is 4.74 Å². The van der Waals surface area contributed by atoms with Crippen LogP contribution in [0.4, 0.5) is 0 Å². The van der Waals surface area contributed by atoms with Crippen molar-refractivity contribution >= 4 is 0 Å². The van der Waals surface area contributed by atoms with Crippen LogP contribution in [-0.4, -0.2) is 13.2 Å². The minimum absolute atomic E-state index is 1.00. The van der Waals surface area contributed by atoms with E-state index in [4.69, 9.17) is 4.74 Å². The van der Waals surface area contributed by atoms with E-state index in [1.807, 2.05) is 0 Å². The zero-order chi connectivity index (χ0) is 5.54. The van der Waals surface area contributed by atoms with Crippen molar-refractivity contribution in [3.8, 4) is 0 Å². The summed E-state index contributed by atoms with van der Waals surface area (Å²) in [7, 11) is 0. The molecule has 1 radical (unpaired) electrons. The summed E-state index contributed by atoms with van der Waals surface area (Å²) >= 11 is 0. The molecule has 1 heterocycles. The molecule has 1 fully saturated rings. The van der Waals surface area contributed by atoms with Gasteiger partial charge in [-0.2, -0.15) is 0 Å². The van der Waals surface area contributed by atoms with Crippen molar-refractivity contribution in [3.05, 3.63) is 6.92 Å².